The zero-order valence-corrected chi connectivity index (χ0v) is 15.0. The molecule has 4 atom stereocenters. The lowest BCUT2D eigenvalue weighted by Crippen LogP contribution is -2.39. The molecule has 7 nitrogen and oxygen atoms in total. The Hall–Kier alpha value is -1.77. The number of nitrogens with zero attached hydrogens (tertiary/aromatic N) is 2. The molecule has 26 heavy (non-hydrogen) atoms. The average Bonchev–Trinajstić information content (AvgIpc) is 3.11. The molecule has 0 saturated carbocycles. The summed E-state index contributed by atoms with van der Waals surface area (Å²) in [7, 11) is 0. The zero-order chi connectivity index (χ0) is 18.5. The van der Waals surface area contributed by atoms with Crippen molar-refractivity contribution in [2.45, 2.75) is 44.4 Å². The van der Waals surface area contributed by atoms with Gasteiger partial charge in [-0.05, 0) is 43.7 Å². The largest absolute Gasteiger partial charge is 0.394 e. The van der Waals surface area contributed by atoms with Gasteiger partial charge in [-0.2, -0.15) is 4.98 Å². The van der Waals surface area contributed by atoms with Crippen LogP contribution < -0.4 is 0 Å². The van der Waals surface area contributed by atoms with Crippen LogP contribution in [-0.2, 0) is 15.9 Å². The molecule has 2 N–H and O–H groups in total. The summed E-state index contributed by atoms with van der Waals surface area (Å²) in [6.07, 6.45) is 2.20. The molecule has 1 aromatic carbocycles. The lowest BCUT2D eigenvalue weighted by Gasteiger charge is -2.29. The summed E-state index contributed by atoms with van der Waals surface area (Å²) in [4.78, 5) is 4.38. The van der Waals surface area contributed by atoms with Gasteiger partial charge in [0.2, 0.25) is 11.7 Å². The minimum atomic E-state index is -0.820. The number of aliphatic hydroxyl groups is 2. The number of benzene rings is 1. The van der Waals surface area contributed by atoms with Crippen LogP contribution in [0.2, 0.25) is 5.02 Å². The summed E-state index contributed by atoms with van der Waals surface area (Å²) < 4.78 is 16.5. The van der Waals surface area contributed by atoms with Crippen LogP contribution in [0.5, 0.6) is 0 Å². The van der Waals surface area contributed by atoms with E-state index in [-0.39, 0.29) is 12.7 Å². The Labute approximate surface area is 156 Å². The van der Waals surface area contributed by atoms with Crippen molar-refractivity contribution in [2.24, 2.45) is 0 Å². The molecule has 0 saturated heterocycles. The Bertz CT molecular complexity index is 733. The molecule has 1 aliphatic heterocycles. The second kappa shape index (κ2) is 8.75. The molecule has 0 fully saturated rings. The summed E-state index contributed by atoms with van der Waals surface area (Å²) in [5.74, 6) is 1.04. The van der Waals surface area contributed by atoms with Gasteiger partial charge in [0.1, 0.15) is 12.2 Å². The predicted molar refractivity (Wildman–Crippen MR) is 94.5 cm³/mol. The second-order valence-electron chi connectivity index (χ2n) is 6.10. The standard InChI is InChI=1S/C18H21ClN2O5/c1-11(24-17-9-7-14(23)15(10-22)25-17)2-8-16-20-18(21-26-16)12-3-5-13(19)6-4-12/h3-7,9,11,14-15,17,22-23H,2,8,10H2,1H3/t11-,14-,15+,17-/m0/s1. The van der Waals surface area contributed by atoms with Crippen LogP contribution in [0.1, 0.15) is 19.2 Å². The Morgan fingerprint density at radius 3 is 2.77 bits per heavy atom. The first kappa shape index (κ1) is 19.0. The normalized spacial score (nSPS) is 23.9. The maximum absolute atomic E-state index is 9.62. The number of ether oxygens (including phenoxy) is 2. The van der Waals surface area contributed by atoms with Crippen molar-refractivity contribution < 1.29 is 24.2 Å². The number of hydrogen-bond acceptors (Lipinski definition) is 7. The molecule has 0 amide bonds. The number of aryl methyl sites for hydroxylation is 1. The number of halogens is 1. The van der Waals surface area contributed by atoms with Crippen LogP contribution in [-0.4, -0.2) is 51.6 Å². The topological polar surface area (TPSA) is 97.8 Å². The molecule has 2 aromatic rings. The van der Waals surface area contributed by atoms with Crippen molar-refractivity contribution in [2.75, 3.05) is 6.61 Å². The van der Waals surface area contributed by atoms with Crippen LogP contribution in [0.15, 0.2) is 40.9 Å². The van der Waals surface area contributed by atoms with Gasteiger partial charge in [0.15, 0.2) is 6.29 Å². The van der Waals surface area contributed by atoms with E-state index in [0.29, 0.717) is 29.6 Å². The van der Waals surface area contributed by atoms with E-state index in [1.807, 2.05) is 19.1 Å². The number of rotatable bonds is 7. The van der Waals surface area contributed by atoms with E-state index in [1.165, 1.54) is 0 Å². The highest BCUT2D eigenvalue weighted by atomic mass is 35.5. The summed E-state index contributed by atoms with van der Waals surface area (Å²) in [5, 5.41) is 23.4. The van der Waals surface area contributed by atoms with Gasteiger partial charge in [0, 0.05) is 17.0 Å². The van der Waals surface area contributed by atoms with Gasteiger partial charge in [-0.15, -0.1) is 0 Å². The highest BCUT2D eigenvalue weighted by Crippen LogP contribution is 2.20. The Balaban J connectivity index is 1.50. The van der Waals surface area contributed by atoms with Crippen LogP contribution in [0, 0.1) is 0 Å². The predicted octanol–water partition coefficient (Wildman–Crippen LogP) is 2.36. The quantitative estimate of drug-likeness (QED) is 0.711. The number of aliphatic hydroxyl groups excluding tert-OH is 2. The van der Waals surface area contributed by atoms with E-state index in [1.54, 1.807) is 24.3 Å². The first-order valence-corrected chi connectivity index (χ1v) is 8.79. The maximum Gasteiger partial charge on any atom is 0.227 e. The van der Waals surface area contributed by atoms with Gasteiger partial charge in [-0.1, -0.05) is 22.8 Å². The van der Waals surface area contributed by atoms with E-state index in [9.17, 15) is 5.11 Å². The highest BCUT2D eigenvalue weighted by molar-refractivity contribution is 6.30. The fraction of sp³-hybridized carbons (Fsp3) is 0.444. The molecule has 8 heteroatoms. The van der Waals surface area contributed by atoms with Crippen LogP contribution in [0.3, 0.4) is 0 Å². The Morgan fingerprint density at radius 1 is 1.27 bits per heavy atom. The molecule has 0 aliphatic carbocycles. The molecule has 1 aliphatic rings. The molecule has 0 spiro atoms. The van der Waals surface area contributed by atoms with Gasteiger partial charge in [0.25, 0.3) is 0 Å². The van der Waals surface area contributed by atoms with E-state index in [4.69, 9.17) is 30.7 Å². The Morgan fingerprint density at radius 2 is 2.04 bits per heavy atom. The minimum Gasteiger partial charge on any atom is -0.394 e. The van der Waals surface area contributed by atoms with E-state index < -0.39 is 18.5 Å². The van der Waals surface area contributed by atoms with Gasteiger partial charge >= 0.3 is 0 Å². The van der Waals surface area contributed by atoms with Crippen molar-refractivity contribution in [3.63, 3.8) is 0 Å². The second-order valence-corrected chi connectivity index (χ2v) is 6.54. The molecular weight excluding hydrogens is 360 g/mol. The van der Waals surface area contributed by atoms with Gasteiger partial charge in [-0.3, -0.25) is 0 Å². The smallest absolute Gasteiger partial charge is 0.227 e. The van der Waals surface area contributed by atoms with E-state index in [0.717, 1.165) is 5.56 Å². The van der Waals surface area contributed by atoms with Crippen molar-refractivity contribution in [1.82, 2.24) is 10.1 Å². The fourth-order valence-electron chi connectivity index (χ4n) is 2.55. The molecule has 2 heterocycles. The van der Waals surface area contributed by atoms with Gasteiger partial charge in [0.05, 0.1) is 12.7 Å². The molecule has 0 unspecified atom stereocenters. The van der Waals surface area contributed by atoms with Crippen LogP contribution in [0.4, 0.5) is 0 Å². The molecular formula is C18H21ClN2O5. The highest BCUT2D eigenvalue weighted by Gasteiger charge is 2.26. The summed E-state index contributed by atoms with van der Waals surface area (Å²) in [6, 6.07) is 7.22. The lowest BCUT2D eigenvalue weighted by molar-refractivity contribution is -0.196. The molecule has 3 rings (SSSR count). The van der Waals surface area contributed by atoms with Crippen molar-refractivity contribution in [1.29, 1.82) is 0 Å². The fourth-order valence-corrected chi connectivity index (χ4v) is 2.68. The monoisotopic (exact) mass is 380 g/mol. The molecule has 0 radical (unpaired) electrons. The van der Waals surface area contributed by atoms with E-state index >= 15 is 0 Å². The molecule has 140 valence electrons. The first-order chi connectivity index (χ1) is 12.5. The van der Waals surface area contributed by atoms with Crippen molar-refractivity contribution in [3.8, 4) is 11.4 Å². The third-order valence-corrected chi connectivity index (χ3v) is 4.29. The molecule has 1 aromatic heterocycles. The average molecular weight is 381 g/mol. The lowest BCUT2D eigenvalue weighted by atomic mass is 10.1. The van der Waals surface area contributed by atoms with Crippen molar-refractivity contribution >= 4 is 11.6 Å². The van der Waals surface area contributed by atoms with Crippen LogP contribution >= 0.6 is 11.6 Å². The van der Waals surface area contributed by atoms with Crippen molar-refractivity contribution in [3.05, 3.63) is 47.3 Å². The summed E-state index contributed by atoms with van der Waals surface area (Å²) in [6.45, 7) is 1.64. The third kappa shape index (κ3) is 4.90. The number of aromatic nitrogens is 2. The minimum absolute atomic E-state index is 0.134. The Kier molecular flexibility index (Phi) is 6.39. The van der Waals surface area contributed by atoms with Gasteiger partial charge < -0.3 is 24.2 Å². The first-order valence-electron chi connectivity index (χ1n) is 8.42. The van der Waals surface area contributed by atoms with Gasteiger partial charge in [-0.25, -0.2) is 0 Å². The maximum atomic E-state index is 9.62. The third-order valence-electron chi connectivity index (χ3n) is 4.04. The molecule has 0 bridgehead atoms. The SMILES string of the molecule is C[C@@H](CCc1nc(-c2ccc(Cl)cc2)no1)O[C@@H]1C=C[C@H](O)[C@@H](CO)O1. The summed E-state index contributed by atoms with van der Waals surface area (Å²) >= 11 is 5.87. The zero-order valence-electron chi connectivity index (χ0n) is 14.3. The number of hydrogen-bond donors (Lipinski definition) is 2. The summed E-state index contributed by atoms with van der Waals surface area (Å²) in [5.41, 5.74) is 0.836. The van der Waals surface area contributed by atoms with Crippen LogP contribution in [0.25, 0.3) is 11.4 Å². The van der Waals surface area contributed by atoms with E-state index in [2.05, 4.69) is 10.1 Å².